The van der Waals surface area contributed by atoms with Gasteiger partial charge in [0.25, 0.3) is 0 Å². The molecule has 14 heavy (non-hydrogen) atoms. The molecule has 0 aliphatic heterocycles. The number of hydrogen-bond donors (Lipinski definition) is 2. The zero-order valence-electron chi connectivity index (χ0n) is 8.46. The van der Waals surface area contributed by atoms with Gasteiger partial charge in [0.1, 0.15) is 0 Å². The van der Waals surface area contributed by atoms with Crippen molar-refractivity contribution in [1.82, 2.24) is 0 Å². The van der Waals surface area contributed by atoms with Gasteiger partial charge in [0.05, 0.1) is 0 Å². The Balaban J connectivity index is 2.94. The molecule has 0 saturated carbocycles. The van der Waals surface area contributed by atoms with Crippen LogP contribution in [0.1, 0.15) is 11.1 Å². The summed E-state index contributed by atoms with van der Waals surface area (Å²) in [6.45, 7) is 4.07. The fourth-order valence-electron chi connectivity index (χ4n) is 1.89. The Bertz CT molecular complexity index is 458. The Morgan fingerprint density at radius 3 is 1.64 bits per heavy atom. The van der Waals surface area contributed by atoms with Crippen LogP contribution in [0.5, 0.6) is 0 Å². The second-order valence-corrected chi connectivity index (χ2v) is 3.81. The molecule has 2 nitrogen and oxygen atoms in total. The van der Waals surface area contributed by atoms with E-state index < -0.39 is 0 Å². The quantitative estimate of drug-likeness (QED) is 0.621. The first kappa shape index (κ1) is 8.88. The number of rotatable bonds is 0. The van der Waals surface area contributed by atoms with E-state index in [0.717, 1.165) is 22.1 Å². The monoisotopic (exact) mass is 186 g/mol. The maximum absolute atomic E-state index is 5.93. The summed E-state index contributed by atoms with van der Waals surface area (Å²) in [6.07, 6.45) is 0. The van der Waals surface area contributed by atoms with Crippen LogP contribution in [-0.4, -0.2) is 0 Å². The molecule has 4 N–H and O–H groups in total. The first-order valence-corrected chi connectivity index (χ1v) is 4.64. The van der Waals surface area contributed by atoms with E-state index >= 15 is 0 Å². The number of fused-ring (bicyclic) bond motifs is 1. The predicted octanol–water partition coefficient (Wildman–Crippen LogP) is 2.62. The van der Waals surface area contributed by atoms with Crippen molar-refractivity contribution in [3.63, 3.8) is 0 Å². The molecule has 0 amide bonds. The molecule has 0 unspecified atom stereocenters. The molecule has 2 aromatic carbocycles. The Morgan fingerprint density at radius 1 is 0.786 bits per heavy atom. The molecule has 0 spiro atoms. The van der Waals surface area contributed by atoms with Gasteiger partial charge in [-0.25, -0.2) is 0 Å². The van der Waals surface area contributed by atoms with Gasteiger partial charge in [-0.3, -0.25) is 0 Å². The number of hydrogen-bond acceptors (Lipinski definition) is 2. The largest absolute Gasteiger partial charge is 0.398 e. The second kappa shape index (κ2) is 2.91. The molecule has 0 heterocycles. The van der Waals surface area contributed by atoms with Crippen LogP contribution in [-0.2, 0) is 0 Å². The average molecular weight is 186 g/mol. The lowest BCUT2D eigenvalue weighted by molar-refractivity contribution is 1.47. The number of aryl methyl sites for hydroxylation is 2. The van der Waals surface area contributed by atoms with Crippen molar-refractivity contribution in [2.24, 2.45) is 0 Å². The number of nitrogen functional groups attached to an aromatic ring is 2. The minimum absolute atomic E-state index is 0.762. The van der Waals surface area contributed by atoms with Gasteiger partial charge in [0, 0.05) is 16.8 Å². The van der Waals surface area contributed by atoms with Crippen LogP contribution in [0, 0.1) is 13.8 Å². The van der Waals surface area contributed by atoms with Gasteiger partial charge in [0.15, 0.2) is 0 Å². The minimum Gasteiger partial charge on any atom is -0.398 e. The van der Waals surface area contributed by atoms with E-state index in [9.17, 15) is 0 Å². The van der Waals surface area contributed by atoms with E-state index in [2.05, 4.69) is 12.1 Å². The molecule has 2 heteroatoms. The normalized spacial score (nSPS) is 10.7. The molecule has 0 aliphatic rings. The minimum atomic E-state index is 0.762. The van der Waals surface area contributed by atoms with Crippen molar-refractivity contribution in [1.29, 1.82) is 0 Å². The Morgan fingerprint density at radius 2 is 1.21 bits per heavy atom. The number of benzene rings is 2. The van der Waals surface area contributed by atoms with Gasteiger partial charge in [-0.2, -0.15) is 0 Å². The fraction of sp³-hybridized carbons (Fsp3) is 0.167. The zero-order chi connectivity index (χ0) is 10.3. The van der Waals surface area contributed by atoms with E-state index in [4.69, 9.17) is 11.5 Å². The van der Waals surface area contributed by atoms with Crippen LogP contribution < -0.4 is 11.5 Å². The molecule has 0 fully saturated rings. The maximum Gasteiger partial charge on any atom is 0.0417 e. The van der Waals surface area contributed by atoms with Crippen molar-refractivity contribution in [2.75, 3.05) is 11.5 Å². The molecule has 72 valence electrons. The highest BCUT2D eigenvalue weighted by atomic mass is 14.6. The van der Waals surface area contributed by atoms with Gasteiger partial charge < -0.3 is 11.5 Å². The third-order valence-corrected chi connectivity index (χ3v) is 2.40. The van der Waals surface area contributed by atoms with E-state index in [-0.39, 0.29) is 0 Å². The van der Waals surface area contributed by atoms with Gasteiger partial charge in [-0.05, 0) is 42.5 Å². The van der Waals surface area contributed by atoms with Crippen molar-refractivity contribution in [3.8, 4) is 0 Å². The summed E-state index contributed by atoms with van der Waals surface area (Å²) in [7, 11) is 0. The van der Waals surface area contributed by atoms with Crippen LogP contribution in [0.3, 0.4) is 0 Å². The standard InChI is InChI=1S/C12H14N2/c1-7-3-9-4-8(2)6-11(14)12(9)10(13)5-7/h3-6H,13-14H2,1-2H3. The highest BCUT2D eigenvalue weighted by Gasteiger charge is 2.03. The van der Waals surface area contributed by atoms with E-state index in [0.29, 0.717) is 0 Å². The van der Waals surface area contributed by atoms with Crippen LogP contribution in [0.4, 0.5) is 11.4 Å². The molecule has 0 aromatic heterocycles. The zero-order valence-corrected chi connectivity index (χ0v) is 8.46. The third-order valence-electron chi connectivity index (χ3n) is 2.40. The molecule has 0 atom stereocenters. The molecular formula is C12H14N2. The molecule has 0 bridgehead atoms. The van der Waals surface area contributed by atoms with E-state index in [1.54, 1.807) is 0 Å². The predicted molar refractivity (Wildman–Crippen MR) is 62.2 cm³/mol. The molecule has 0 radical (unpaired) electrons. The molecular weight excluding hydrogens is 172 g/mol. The van der Waals surface area contributed by atoms with Gasteiger partial charge in [-0.15, -0.1) is 0 Å². The van der Waals surface area contributed by atoms with Crippen LogP contribution in [0.2, 0.25) is 0 Å². The lowest BCUT2D eigenvalue weighted by atomic mass is 10.0. The summed E-state index contributed by atoms with van der Waals surface area (Å²) in [5.41, 5.74) is 15.7. The summed E-state index contributed by atoms with van der Waals surface area (Å²) in [4.78, 5) is 0. The number of anilines is 2. The highest BCUT2D eigenvalue weighted by Crippen LogP contribution is 2.29. The van der Waals surface area contributed by atoms with Crippen LogP contribution in [0.25, 0.3) is 10.8 Å². The summed E-state index contributed by atoms with van der Waals surface area (Å²) < 4.78 is 0. The van der Waals surface area contributed by atoms with Crippen molar-refractivity contribution in [3.05, 3.63) is 35.4 Å². The molecule has 2 rings (SSSR count). The van der Waals surface area contributed by atoms with Gasteiger partial charge in [0.2, 0.25) is 0 Å². The first-order valence-electron chi connectivity index (χ1n) is 4.64. The van der Waals surface area contributed by atoms with Crippen LogP contribution >= 0.6 is 0 Å². The Labute approximate surface area is 83.5 Å². The fourth-order valence-corrected chi connectivity index (χ4v) is 1.89. The SMILES string of the molecule is Cc1cc(N)c2c(N)cc(C)cc2c1. The number of nitrogens with two attached hydrogens (primary N) is 2. The third kappa shape index (κ3) is 1.29. The summed E-state index contributed by atoms with van der Waals surface area (Å²) in [5.74, 6) is 0. The lowest BCUT2D eigenvalue weighted by Gasteiger charge is -2.08. The Kier molecular flexibility index (Phi) is 1.84. The van der Waals surface area contributed by atoms with Gasteiger partial charge >= 0.3 is 0 Å². The molecule has 0 aliphatic carbocycles. The smallest absolute Gasteiger partial charge is 0.0417 e. The second-order valence-electron chi connectivity index (χ2n) is 3.81. The first-order chi connectivity index (χ1) is 6.58. The van der Waals surface area contributed by atoms with Crippen molar-refractivity contribution >= 4 is 22.1 Å². The molecule has 2 aromatic rings. The van der Waals surface area contributed by atoms with Gasteiger partial charge in [-0.1, -0.05) is 12.1 Å². The van der Waals surface area contributed by atoms with Crippen molar-refractivity contribution in [2.45, 2.75) is 13.8 Å². The Hall–Kier alpha value is -1.70. The average Bonchev–Trinajstić information content (AvgIpc) is 1.99. The molecule has 0 saturated heterocycles. The van der Waals surface area contributed by atoms with Crippen molar-refractivity contribution < 1.29 is 0 Å². The topological polar surface area (TPSA) is 52.0 Å². The summed E-state index contributed by atoms with van der Waals surface area (Å²) >= 11 is 0. The lowest BCUT2D eigenvalue weighted by Crippen LogP contribution is -1.94. The summed E-state index contributed by atoms with van der Waals surface area (Å²) in [5, 5.41) is 2.10. The van der Waals surface area contributed by atoms with Crippen LogP contribution in [0.15, 0.2) is 24.3 Å². The highest BCUT2D eigenvalue weighted by molar-refractivity contribution is 6.02. The summed E-state index contributed by atoms with van der Waals surface area (Å²) in [6, 6.07) is 8.12. The maximum atomic E-state index is 5.93. The van der Waals surface area contributed by atoms with E-state index in [1.165, 1.54) is 11.1 Å². The van der Waals surface area contributed by atoms with E-state index in [1.807, 2.05) is 26.0 Å².